The van der Waals surface area contributed by atoms with Gasteiger partial charge in [0, 0.05) is 18.4 Å². The molecule has 0 bridgehead atoms. The molecular weight excluding hydrogens is 397 g/mol. The fourth-order valence-electron chi connectivity index (χ4n) is 2.65. The van der Waals surface area contributed by atoms with E-state index in [1.807, 2.05) is 18.2 Å². The average molecular weight is 419 g/mol. The molecule has 0 saturated carbocycles. The van der Waals surface area contributed by atoms with E-state index < -0.39 is 0 Å². The average Bonchev–Trinajstić information content (AvgIpc) is 2.62. The Morgan fingerprint density at radius 3 is 2.81 bits per heavy atom. The van der Waals surface area contributed by atoms with Crippen LogP contribution in [0, 0.1) is 5.92 Å². The van der Waals surface area contributed by atoms with E-state index >= 15 is 0 Å². The first-order valence-electron chi connectivity index (χ1n) is 8.06. The van der Waals surface area contributed by atoms with Crippen LogP contribution in [0.15, 0.2) is 42.6 Å². The number of hydrogen-bond donors (Lipinski definition) is 2. The van der Waals surface area contributed by atoms with Crippen LogP contribution in [0.1, 0.15) is 18.5 Å². The van der Waals surface area contributed by atoms with Crippen molar-refractivity contribution in [3.05, 3.63) is 53.3 Å². The lowest BCUT2D eigenvalue weighted by Gasteiger charge is -2.22. The normalized spacial score (nSPS) is 16.0. The summed E-state index contributed by atoms with van der Waals surface area (Å²) in [5.41, 5.74) is 1.51. The second-order valence-electron chi connectivity index (χ2n) is 5.79. The fourth-order valence-corrected chi connectivity index (χ4v) is 2.89. The van der Waals surface area contributed by atoms with Crippen molar-refractivity contribution >= 4 is 48.0 Å². The number of halogens is 3. The number of rotatable bonds is 5. The van der Waals surface area contributed by atoms with Crippen LogP contribution >= 0.6 is 36.4 Å². The van der Waals surface area contributed by atoms with Gasteiger partial charge in [-0.1, -0.05) is 17.7 Å². The maximum Gasteiger partial charge on any atom is 0.228 e. The zero-order valence-corrected chi connectivity index (χ0v) is 16.5. The number of piperidine rings is 1. The Morgan fingerprint density at radius 1 is 1.31 bits per heavy atom. The number of carbonyl (C=O) groups excluding carboxylic acids is 1. The molecule has 1 aliphatic rings. The van der Waals surface area contributed by atoms with Crippen molar-refractivity contribution in [2.45, 2.75) is 19.4 Å². The van der Waals surface area contributed by atoms with E-state index in [1.54, 1.807) is 24.4 Å². The number of hydrogen-bond acceptors (Lipinski definition) is 4. The van der Waals surface area contributed by atoms with E-state index in [9.17, 15) is 4.79 Å². The summed E-state index contributed by atoms with van der Waals surface area (Å²) in [5.74, 6) is 0.609. The second-order valence-corrected chi connectivity index (χ2v) is 6.19. The van der Waals surface area contributed by atoms with E-state index in [1.165, 1.54) is 0 Å². The summed E-state index contributed by atoms with van der Waals surface area (Å²) in [6.45, 7) is 2.06. The highest BCUT2D eigenvalue weighted by atomic mass is 35.5. The van der Waals surface area contributed by atoms with Gasteiger partial charge in [0.2, 0.25) is 5.91 Å². The second kappa shape index (κ2) is 11.2. The Bertz CT molecular complexity index is 695. The van der Waals surface area contributed by atoms with E-state index in [0.717, 1.165) is 31.6 Å². The molecule has 5 nitrogen and oxygen atoms in total. The van der Waals surface area contributed by atoms with Crippen LogP contribution in [-0.2, 0) is 11.4 Å². The minimum Gasteiger partial charge on any atom is -0.486 e. The summed E-state index contributed by atoms with van der Waals surface area (Å²) < 4.78 is 5.68. The van der Waals surface area contributed by atoms with Gasteiger partial charge in [-0.3, -0.25) is 9.78 Å². The number of nitrogens with zero attached hydrogens (tertiary/aromatic N) is 1. The molecule has 2 aromatic rings. The molecule has 0 aliphatic carbocycles. The molecule has 1 saturated heterocycles. The molecule has 1 aromatic carbocycles. The maximum absolute atomic E-state index is 12.2. The van der Waals surface area contributed by atoms with Crippen LogP contribution in [0.3, 0.4) is 0 Å². The standard InChI is InChI=1S/C18H20ClN3O2.2ClH/c19-16-10-14(22-18(23)13-4-3-8-20-11-13)6-7-17(16)24-12-15-5-1-2-9-21-15;;/h1-2,5-7,9-10,13,20H,3-4,8,11-12H2,(H,22,23);2*1H. The minimum atomic E-state index is 0. The number of carbonyl (C=O) groups is 1. The summed E-state index contributed by atoms with van der Waals surface area (Å²) >= 11 is 6.26. The van der Waals surface area contributed by atoms with Gasteiger partial charge in [0.25, 0.3) is 0 Å². The first-order valence-corrected chi connectivity index (χ1v) is 8.44. The van der Waals surface area contributed by atoms with Gasteiger partial charge in [-0.2, -0.15) is 0 Å². The highest BCUT2D eigenvalue weighted by molar-refractivity contribution is 6.32. The van der Waals surface area contributed by atoms with Gasteiger partial charge >= 0.3 is 0 Å². The van der Waals surface area contributed by atoms with Crippen LogP contribution in [0.4, 0.5) is 5.69 Å². The molecule has 1 atom stereocenters. The first kappa shape index (κ1) is 22.5. The molecule has 1 unspecified atom stereocenters. The van der Waals surface area contributed by atoms with Crippen LogP contribution in [-0.4, -0.2) is 24.0 Å². The lowest BCUT2D eigenvalue weighted by Crippen LogP contribution is -2.37. The number of nitrogens with one attached hydrogen (secondary N) is 2. The van der Waals surface area contributed by atoms with Crippen molar-refractivity contribution in [1.29, 1.82) is 0 Å². The molecule has 0 spiro atoms. The molecule has 2 heterocycles. The molecule has 1 fully saturated rings. The van der Waals surface area contributed by atoms with Gasteiger partial charge in [-0.05, 0) is 49.7 Å². The summed E-state index contributed by atoms with van der Waals surface area (Å²) in [4.78, 5) is 16.4. The van der Waals surface area contributed by atoms with E-state index in [4.69, 9.17) is 16.3 Å². The summed E-state index contributed by atoms with van der Waals surface area (Å²) in [7, 11) is 0. The molecule has 0 radical (unpaired) electrons. The zero-order valence-electron chi connectivity index (χ0n) is 14.1. The predicted molar refractivity (Wildman–Crippen MR) is 109 cm³/mol. The van der Waals surface area contributed by atoms with Gasteiger partial charge < -0.3 is 15.4 Å². The quantitative estimate of drug-likeness (QED) is 0.767. The summed E-state index contributed by atoms with van der Waals surface area (Å²) in [6, 6.07) is 10.9. The molecule has 142 valence electrons. The van der Waals surface area contributed by atoms with Crippen LogP contribution in [0.25, 0.3) is 0 Å². The molecule has 2 N–H and O–H groups in total. The highest BCUT2D eigenvalue weighted by Crippen LogP contribution is 2.28. The Morgan fingerprint density at radius 2 is 2.15 bits per heavy atom. The number of anilines is 1. The fraction of sp³-hybridized carbons (Fsp3) is 0.333. The zero-order chi connectivity index (χ0) is 16.8. The molecule has 8 heteroatoms. The third-order valence-electron chi connectivity index (χ3n) is 3.97. The number of amides is 1. The maximum atomic E-state index is 12.2. The molecule has 1 aliphatic heterocycles. The third kappa shape index (κ3) is 6.32. The van der Waals surface area contributed by atoms with E-state index in [-0.39, 0.29) is 36.6 Å². The highest BCUT2D eigenvalue weighted by Gasteiger charge is 2.21. The Labute approximate surface area is 170 Å². The lowest BCUT2D eigenvalue weighted by molar-refractivity contribution is -0.120. The number of ether oxygens (including phenoxy) is 1. The summed E-state index contributed by atoms with van der Waals surface area (Å²) in [5, 5.41) is 6.63. The first-order chi connectivity index (χ1) is 11.7. The molecule has 3 rings (SSSR count). The van der Waals surface area contributed by atoms with Crippen molar-refractivity contribution in [2.24, 2.45) is 5.92 Å². The molecular formula is C18H22Cl3N3O2. The van der Waals surface area contributed by atoms with Crippen molar-refractivity contribution in [3.63, 3.8) is 0 Å². The SMILES string of the molecule is Cl.Cl.O=C(Nc1ccc(OCc2ccccn2)c(Cl)c1)C1CCCNC1. The van der Waals surface area contributed by atoms with Gasteiger partial charge in [0.15, 0.2) is 0 Å². The van der Waals surface area contributed by atoms with Crippen molar-refractivity contribution < 1.29 is 9.53 Å². The van der Waals surface area contributed by atoms with E-state index in [2.05, 4.69) is 15.6 Å². The van der Waals surface area contributed by atoms with E-state index in [0.29, 0.717) is 23.1 Å². The smallest absolute Gasteiger partial charge is 0.228 e. The number of aromatic nitrogens is 1. The van der Waals surface area contributed by atoms with Gasteiger partial charge in [0.05, 0.1) is 16.6 Å². The predicted octanol–water partition coefficient (Wildman–Crippen LogP) is 4.10. The minimum absolute atomic E-state index is 0. The lowest BCUT2D eigenvalue weighted by atomic mass is 9.99. The number of pyridine rings is 1. The monoisotopic (exact) mass is 417 g/mol. The molecule has 1 amide bonds. The Hall–Kier alpha value is -1.53. The van der Waals surface area contributed by atoms with Gasteiger partial charge in [0.1, 0.15) is 12.4 Å². The van der Waals surface area contributed by atoms with Crippen LogP contribution < -0.4 is 15.4 Å². The Balaban J connectivity index is 0.00000169. The van der Waals surface area contributed by atoms with Crippen LogP contribution in [0.2, 0.25) is 5.02 Å². The van der Waals surface area contributed by atoms with Crippen molar-refractivity contribution in [3.8, 4) is 5.75 Å². The van der Waals surface area contributed by atoms with Gasteiger partial charge in [-0.15, -0.1) is 24.8 Å². The summed E-state index contributed by atoms with van der Waals surface area (Å²) in [6.07, 6.45) is 3.66. The topological polar surface area (TPSA) is 63.2 Å². The Kier molecular flexibility index (Phi) is 9.73. The number of benzene rings is 1. The largest absolute Gasteiger partial charge is 0.486 e. The van der Waals surface area contributed by atoms with Gasteiger partial charge in [-0.25, -0.2) is 0 Å². The third-order valence-corrected chi connectivity index (χ3v) is 4.26. The van der Waals surface area contributed by atoms with Crippen molar-refractivity contribution in [2.75, 3.05) is 18.4 Å². The molecule has 26 heavy (non-hydrogen) atoms. The molecule has 1 aromatic heterocycles. The van der Waals surface area contributed by atoms with Crippen LogP contribution in [0.5, 0.6) is 5.75 Å². The van der Waals surface area contributed by atoms with Crippen molar-refractivity contribution in [1.82, 2.24) is 10.3 Å².